The summed E-state index contributed by atoms with van der Waals surface area (Å²) in [6.07, 6.45) is 4.29. The van der Waals surface area contributed by atoms with E-state index in [0.717, 1.165) is 55.7 Å². The van der Waals surface area contributed by atoms with Crippen LogP contribution >= 0.6 is 11.3 Å². The van der Waals surface area contributed by atoms with Crippen molar-refractivity contribution in [2.75, 3.05) is 76.9 Å². The molecule has 2 saturated heterocycles. The Kier molecular flexibility index (Phi) is 8.42. The second kappa shape index (κ2) is 12.1. The Morgan fingerprint density at radius 1 is 0.771 bits per heavy atom. The quantitative estimate of drug-likeness (QED) is 0.453. The van der Waals surface area contributed by atoms with E-state index in [2.05, 4.69) is 78.3 Å². The molecule has 0 bridgehead atoms. The summed E-state index contributed by atoms with van der Waals surface area (Å²) in [4.78, 5) is 19.4. The van der Waals surface area contributed by atoms with Crippen LogP contribution < -0.4 is 4.90 Å². The lowest BCUT2D eigenvalue weighted by Gasteiger charge is -2.37. The molecule has 5 rings (SSSR count). The maximum absolute atomic E-state index is 4.60. The van der Waals surface area contributed by atoms with Crippen molar-refractivity contribution in [1.29, 1.82) is 0 Å². The number of hydrogen-bond acceptors (Lipinski definition) is 7. The van der Waals surface area contributed by atoms with Gasteiger partial charge in [-0.25, -0.2) is 9.97 Å². The number of piperazine rings is 2. The minimum absolute atomic E-state index is 1.09. The van der Waals surface area contributed by atoms with E-state index in [0.29, 0.717) is 0 Å². The van der Waals surface area contributed by atoms with Gasteiger partial charge in [-0.3, -0.25) is 4.90 Å². The van der Waals surface area contributed by atoms with E-state index in [1.807, 2.05) is 12.3 Å². The number of thiazole rings is 1. The van der Waals surface area contributed by atoms with Gasteiger partial charge in [0.1, 0.15) is 5.82 Å². The van der Waals surface area contributed by atoms with Crippen LogP contribution in [0.25, 0.3) is 11.3 Å². The molecule has 0 N–H and O–H groups in total. The smallest absolute Gasteiger partial charge is 0.128 e. The number of benzene rings is 1. The summed E-state index contributed by atoms with van der Waals surface area (Å²) < 4.78 is 0. The number of aromatic nitrogens is 2. The van der Waals surface area contributed by atoms with Gasteiger partial charge in [0, 0.05) is 76.0 Å². The lowest BCUT2D eigenvalue weighted by molar-refractivity contribution is 0.127. The molecule has 1 aromatic carbocycles. The summed E-state index contributed by atoms with van der Waals surface area (Å²) in [5.74, 6) is 1.12. The van der Waals surface area contributed by atoms with Gasteiger partial charge in [-0.05, 0) is 50.6 Å². The third-order valence-electron chi connectivity index (χ3n) is 7.34. The molecule has 0 aliphatic carbocycles. The molecule has 2 aromatic heterocycles. The largest absolute Gasteiger partial charge is 0.354 e. The monoisotopic (exact) mass is 490 g/mol. The van der Waals surface area contributed by atoms with Gasteiger partial charge in [-0.15, -0.1) is 11.3 Å². The zero-order valence-corrected chi connectivity index (χ0v) is 21.8. The first kappa shape index (κ1) is 24.4. The molecule has 0 spiro atoms. The third-order valence-corrected chi connectivity index (χ3v) is 8.12. The molecule has 0 saturated carbocycles. The first-order chi connectivity index (χ1) is 17.2. The second-order valence-electron chi connectivity index (χ2n) is 9.75. The SMILES string of the molecule is Cc1nc(-c2ccc(CCN3CCN(CCCN4CCN(c5ccccn5)CC4)CC3)cc2)cs1. The van der Waals surface area contributed by atoms with Crippen LogP contribution in [0.3, 0.4) is 0 Å². The number of pyridine rings is 1. The average molecular weight is 491 g/mol. The van der Waals surface area contributed by atoms with Gasteiger partial charge >= 0.3 is 0 Å². The second-order valence-corrected chi connectivity index (χ2v) is 10.8. The summed E-state index contributed by atoms with van der Waals surface area (Å²) in [5.41, 5.74) is 3.75. The van der Waals surface area contributed by atoms with Crippen molar-refractivity contribution in [3.63, 3.8) is 0 Å². The summed E-state index contributed by atoms with van der Waals surface area (Å²) in [7, 11) is 0. The standard InChI is InChI=1S/C28H38N6S/c1-24-30-27(23-35-24)26-8-6-25(7-9-26)10-14-33-17-15-31(16-18-33)12-4-13-32-19-21-34(22-20-32)28-5-2-3-11-29-28/h2-3,5-9,11,23H,4,10,12-22H2,1H3. The fourth-order valence-corrected chi connectivity index (χ4v) is 5.74. The zero-order chi connectivity index (χ0) is 23.9. The molecular weight excluding hydrogens is 452 g/mol. The van der Waals surface area contributed by atoms with Crippen molar-refractivity contribution in [1.82, 2.24) is 24.7 Å². The van der Waals surface area contributed by atoms with Crippen molar-refractivity contribution >= 4 is 17.2 Å². The van der Waals surface area contributed by atoms with Crippen LogP contribution in [-0.2, 0) is 6.42 Å². The molecule has 0 atom stereocenters. The molecular formula is C28H38N6S. The molecule has 3 aromatic rings. The number of hydrogen-bond donors (Lipinski definition) is 0. The molecule has 2 aliphatic rings. The Labute approximate surface area is 214 Å². The van der Waals surface area contributed by atoms with E-state index in [1.54, 1.807) is 11.3 Å². The molecule has 0 unspecified atom stereocenters. The van der Waals surface area contributed by atoms with Crippen LogP contribution in [-0.4, -0.2) is 96.7 Å². The van der Waals surface area contributed by atoms with Crippen LogP contribution in [0.4, 0.5) is 5.82 Å². The fourth-order valence-electron chi connectivity index (χ4n) is 5.12. The highest BCUT2D eigenvalue weighted by Gasteiger charge is 2.19. The molecule has 4 heterocycles. The van der Waals surface area contributed by atoms with Crippen molar-refractivity contribution in [2.45, 2.75) is 19.8 Å². The van der Waals surface area contributed by atoms with E-state index < -0.39 is 0 Å². The summed E-state index contributed by atoms with van der Waals surface area (Å²) in [6, 6.07) is 15.2. The highest BCUT2D eigenvalue weighted by Crippen LogP contribution is 2.22. The lowest BCUT2D eigenvalue weighted by Crippen LogP contribution is -2.49. The molecule has 2 fully saturated rings. The molecule has 7 heteroatoms. The first-order valence-corrected chi connectivity index (χ1v) is 14.0. The van der Waals surface area contributed by atoms with Crippen LogP contribution in [0, 0.1) is 6.92 Å². The molecule has 6 nitrogen and oxygen atoms in total. The molecule has 0 amide bonds. The number of anilines is 1. The normalized spacial score (nSPS) is 18.3. The molecule has 186 valence electrons. The van der Waals surface area contributed by atoms with E-state index in [1.165, 1.54) is 56.8 Å². The van der Waals surface area contributed by atoms with E-state index >= 15 is 0 Å². The Bertz CT molecular complexity index is 1020. The first-order valence-electron chi connectivity index (χ1n) is 13.1. The molecule has 35 heavy (non-hydrogen) atoms. The number of rotatable bonds is 9. The van der Waals surface area contributed by atoms with Gasteiger partial charge in [0.05, 0.1) is 10.7 Å². The Morgan fingerprint density at radius 2 is 1.43 bits per heavy atom. The predicted octanol–water partition coefficient (Wildman–Crippen LogP) is 3.89. The third kappa shape index (κ3) is 6.88. The van der Waals surface area contributed by atoms with Gasteiger partial charge < -0.3 is 14.7 Å². The van der Waals surface area contributed by atoms with Gasteiger partial charge in [0.25, 0.3) is 0 Å². The summed E-state index contributed by atoms with van der Waals surface area (Å²) in [6.45, 7) is 14.9. The number of aryl methyl sites for hydroxylation is 1. The molecule has 2 aliphatic heterocycles. The Hall–Kier alpha value is -2.32. The Balaban J connectivity index is 0.951. The van der Waals surface area contributed by atoms with Gasteiger partial charge in [-0.1, -0.05) is 30.3 Å². The van der Waals surface area contributed by atoms with Crippen molar-refractivity contribution < 1.29 is 0 Å². The Morgan fingerprint density at radius 3 is 2.03 bits per heavy atom. The lowest BCUT2D eigenvalue weighted by atomic mass is 10.1. The number of nitrogens with zero attached hydrogens (tertiary/aromatic N) is 6. The van der Waals surface area contributed by atoms with Crippen molar-refractivity contribution in [3.05, 3.63) is 64.6 Å². The van der Waals surface area contributed by atoms with Gasteiger partial charge in [-0.2, -0.15) is 0 Å². The minimum atomic E-state index is 1.09. The average Bonchev–Trinajstić information content (AvgIpc) is 3.36. The van der Waals surface area contributed by atoms with E-state index in [9.17, 15) is 0 Å². The van der Waals surface area contributed by atoms with Crippen LogP contribution in [0.2, 0.25) is 0 Å². The maximum atomic E-state index is 4.60. The van der Waals surface area contributed by atoms with E-state index in [-0.39, 0.29) is 0 Å². The highest BCUT2D eigenvalue weighted by molar-refractivity contribution is 7.09. The maximum Gasteiger partial charge on any atom is 0.128 e. The van der Waals surface area contributed by atoms with Gasteiger partial charge in [0.2, 0.25) is 0 Å². The summed E-state index contributed by atoms with van der Waals surface area (Å²) in [5, 5.41) is 3.27. The van der Waals surface area contributed by atoms with Crippen LogP contribution in [0.1, 0.15) is 17.0 Å². The summed E-state index contributed by atoms with van der Waals surface area (Å²) >= 11 is 1.72. The van der Waals surface area contributed by atoms with Crippen LogP contribution in [0.15, 0.2) is 54.0 Å². The van der Waals surface area contributed by atoms with E-state index in [4.69, 9.17) is 0 Å². The van der Waals surface area contributed by atoms with Crippen molar-refractivity contribution in [2.24, 2.45) is 0 Å². The molecule has 0 radical (unpaired) electrons. The topological polar surface area (TPSA) is 38.7 Å². The highest BCUT2D eigenvalue weighted by atomic mass is 32.1. The van der Waals surface area contributed by atoms with Gasteiger partial charge in [0.15, 0.2) is 0 Å². The predicted molar refractivity (Wildman–Crippen MR) is 146 cm³/mol. The van der Waals surface area contributed by atoms with Crippen molar-refractivity contribution in [3.8, 4) is 11.3 Å². The minimum Gasteiger partial charge on any atom is -0.354 e. The zero-order valence-electron chi connectivity index (χ0n) is 21.0. The van der Waals surface area contributed by atoms with Crippen LogP contribution in [0.5, 0.6) is 0 Å². The fraction of sp³-hybridized carbons (Fsp3) is 0.500.